The van der Waals surface area contributed by atoms with Gasteiger partial charge in [-0.15, -0.1) is 0 Å². The van der Waals surface area contributed by atoms with Crippen molar-refractivity contribution in [1.82, 2.24) is 0 Å². The van der Waals surface area contributed by atoms with Gasteiger partial charge in [0.25, 0.3) is 5.91 Å². The summed E-state index contributed by atoms with van der Waals surface area (Å²) >= 11 is 0. The molecule has 5 heteroatoms. The molecule has 1 aliphatic rings. The Kier molecular flexibility index (Phi) is 4.57. The van der Waals surface area contributed by atoms with Crippen LogP contribution in [0.25, 0.3) is 6.08 Å². The van der Waals surface area contributed by atoms with Crippen LogP contribution in [0, 0.1) is 0 Å². The lowest BCUT2D eigenvalue weighted by Crippen LogP contribution is -2.21. The quantitative estimate of drug-likeness (QED) is 0.865. The van der Waals surface area contributed by atoms with Crippen molar-refractivity contribution in [2.24, 2.45) is 5.10 Å². The van der Waals surface area contributed by atoms with Crippen molar-refractivity contribution >= 4 is 23.4 Å². The number of hydrogen-bond donors (Lipinski definition) is 1. The van der Waals surface area contributed by atoms with Gasteiger partial charge in [-0.05, 0) is 54.8 Å². The van der Waals surface area contributed by atoms with Gasteiger partial charge >= 0.3 is 0 Å². The van der Waals surface area contributed by atoms with E-state index in [2.05, 4.69) is 12.0 Å². The molecule has 0 aliphatic carbocycles. The number of methoxy groups -OCH3 is 1. The predicted molar refractivity (Wildman–Crippen MR) is 99.1 cm³/mol. The Bertz CT molecular complexity index is 867. The number of carbonyl (C=O) groups is 1. The van der Waals surface area contributed by atoms with Crippen molar-refractivity contribution in [2.45, 2.75) is 20.3 Å². The minimum absolute atomic E-state index is 0.0606. The molecular formula is C20H20N2O3. The number of aromatic hydroxyl groups is 1. The first-order chi connectivity index (χ1) is 12.0. The normalized spacial score (nSPS) is 15.6. The molecule has 0 aromatic heterocycles. The number of carbonyl (C=O) groups excluding carboxylic acids is 1. The lowest BCUT2D eigenvalue weighted by atomic mass is 10.1. The van der Waals surface area contributed by atoms with E-state index in [1.807, 2.05) is 31.2 Å². The van der Waals surface area contributed by atoms with Crippen LogP contribution in [0.15, 0.2) is 53.1 Å². The van der Waals surface area contributed by atoms with Crippen LogP contribution in [0.3, 0.4) is 0 Å². The van der Waals surface area contributed by atoms with Crippen LogP contribution < -0.4 is 9.75 Å². The summed E-state index contributed by atoms with van der Waals surface area (Å²) < 4.78 is 5.11. The van der Waals surface area contributed by atoms with Crippen molar-refractivity contribution < 1.29 is 14.6 Å². The van der Waals surface area contributed by atoms with Crippen LogP contribution in [0.2, 0.25) is 0 Å². The van der Waals surface area contributed by atoms with Crippen molar-refractivity contribution in [1.29, 1.82) is 0 Å². The van der Waals surface area contributed by atoms with Crippen LogP contribution in [0.1, 0.15) is 25.0 Å². The highest BCUT2D eigenvalue weighted by Gasteiger charge is 2.28. The average Bonchev–Trinajstić information content (AvgIpc) is 2.91. The molecule has 1 amide bonds. The van der Waals surface area contributed by atoms with E-state index in [0.717, 1.165) is 17.7 Å². The van der Waals surface area contributed by atoms with E-state index in [-0.39, 0.29) is 11.7 Å². The highest BCUT2D eigenvalue weighted by Crippen LogP contribution is 2.29. The summed E-state index contributed by atoms with van der Waals surface area (Å²) in [6, 6.07) is 12.8. The number of rotatable bonds is 4. The second kappa shape index (κ2) is 6.81. The molecule has 2 aromatic rings. The van der Waals surface area contributed by atoms with E-state index in [1.165, 1.54) is 17.7 Å². The number of phenols is 1. The van der Waals surface area contributed by atoms with Gasteiger partial charge in [0.05, 0.1) is 24.1 Å². The van der Waals surface area contributed by atoms with Crippen molar-refractivity contribution in [3.63, 3.8) is 0 Å². The Morgan fingerprint density at radius 3 is 2.56 bits per heavy atom. The molecule has 5 nitrogen and oxygen atoms in total. The number of ether oxygens (including phenoxy) is 1. The fraction of sp³-hybridized carbons (Fsp3) is 0.200. The molecule has 0 radical (unpaired) electrons. The lowest BCUT2D eigenvalue weighted by molar-refractivity contribution is -0.114. The van der Waals surface area contributed by atoms with Crippen molar-refractivity contribution in [2.75, 3.05) is 12.1 Å². The molecule has 0 atom stereocenters. The van der Waals surface area contributed by atoms with Crippen LogP contribution in [0.4, 0.5) is 5.69 Å². The maximum atomic E-state index is 12.8. The molecule has 0 spiro atoms. The SMILES string of the molecule is CCc1ccc(N2N=C(C)C(=Cc3ccc(O)c(OC)c3)C2=O)cc1. The lowest BCUT2D eigenvalue weighted by Gasteiger charge is -2.12. The minimum Gasteiger partial charge on any atom is -0.504 e. The molecule has 3 rings (SSSR count). The first kappa shape index (κ1) is 16.8. The summed E-state index contributed by atoms with van der Waals surface area (Å²) in [5.74, 6) is 0.251. The molecule has 2 aromatic carbocycles. The Morgan fingerprint density at radius 1 is 1.20 bits per heavy atom. The third-order valence-corrected chi connectivity index (χ3v) is 4.17. The standard InChI is InChI=1S/C20H20N2O3/c1-4-14-5-8-16(9-6-14)22-20(24)17(13(2)21-22)11-15-7-10-18(23)19(12-15)25-3/h5-12,23H,4H2,1-3H3. The zero-order valence-corrected chi connectivity index (χ0v) is 14.5. The average molecular weight is 336 g/mol. The summed E-state index contributed by atoms with van der Waals surface area (Å²) in [5, 5.41) is 15.5. The van der Waals surface area contributed by atoms with Crippen LogP contribution in [-0.4, -0.2) is 23.8 Å². The smallest absolute Gasteiger partial charge is 0.280 e. The van der Waals surface area contributed by atoms with Gasteiger partial charge in [0.1, 0.15) is 0 Å². The maximum Gasteiger partial charge on any atom is 0.280 e. The summed E-state index contributed by atoms with van der Waals surface area (Å²) in [4.78, 5) is 12.8. The van der Waals surface area contributed by atoms with Crippen LogP contribution in [-0.2, 0) is 11.2 Å². The Hall–Kier alpha value is -3.08. The fourth-order valence-corrected chi connectivity index (χ4v) is 2.68. The molecule has 128 valence electrons. The maximum absolute atomic E-state index is 12.8. The Labute approximate surface area is 146 Å². The number of phenolic OH excluding ortho intramolecular Hbond substituents is 1. The fourth-order valence-electron chi connectivity index (χ4n) is 2.68. The number of hydrazone groups is 1. The zero-order valence-electron chi connectivity index (χ0n) is 14.5. The molecule has 0 saturated heterocycles. The predicted octanol–water partition coefficient (Wildman–Crippen LogP) is 3.77. The number of hydrogen-bond acceptors (Lipinski definition) is 4. The van der Waals surface area contributed by atoms with Gasteiger partial charge in [0, 0.05) is 0 Å². The molecular weight excluding hydrogens is 316 g/mol. The van der Waals surface area contributed by atoms with E-state index in [4.69, 9.17) is 4.74 Å². The molecule has 1 heterocycles. The van der Waals surface area contributed by atoms with Crippen LogP contribution >= 0.6 is 0 Å². The second-order valence-electron chi connectivity index (χ2n) is 5.81. The number of anilines is 1. The van der Waals surface area contributed by atoms with E-state index < -0.39 is 0 Å². The summed E-state index contributed by atoms with van der Waals surface area (Å²) in [7, 11) is 1.49. The van der Waals surface area contributed by atoms with Crippen molar-refractivity contribution in [3.05, 3.63) is 59.2 Å². The molecule has 0 saturated carbocycles. The molecule has 25 heavy (non-hydrogen) atoms. The molecule has 1 N–H and O–H groups in total. The molecule has 1 aliphatic heterocycles. The third kappa shape index (κ3) is 3.26. The van der Waals surface area contributed by atoms with E-state index in [9.17, 15) is 9.90 Å². The zero-order chi connectivity index (χ0) is 18.0. The van der Waals surface area contributed by atoms with Gasteiger partial charge in [-0.3, -0.25) is 4.79 Å². The summed E-state index contributed by atoms with van der Waals surface area (Å²) in [5.41, 5.74) is 3.89. The van der Waals surface area contributed by atoms with E-state index in [0.29, 0.717) is 17.0 Å². The topological polar surface area (TPSA) is 62.1 Å². The van der Waals surface area contributed by atoms with Gasteiger partial charge in [-0.2, -0.15) is 10.1 Å². The Morgan fingerprint density at radius 2 is 1.92 bits per heavy atom. The Balaban J connectivity index is 1.91. The highest BCUT2D eigenvalue weighted by molar-refractivity contribution is 6.32. The van der Waals surface area contributed by atoms with Gasteiger partial charge in [0.2, 0.25) is 0 Å². The number of amides is 1. The van der Waals surface area contributed by atoms with E-state index >= 15 is 0 Å². The second-order valence-corrected chi connectivity index (χ2v) is 5.81. The number of aryl methyl sites for hydroxylation is 1. The summed E-state index contributed by atoms with van der Waals surface area (Å²) in [6.07, 6.45) is 2.70. The third-order valence-electron chi connectivity index (χ3n) is 4.17. The van der Waals surface area contributed by atoms with Crippen LogP contribution in [0.5, 0.6) is 11.5 Å². The molecule has 0 unspecified atom stereocenters. The largest absolute Gasteiger partial charge is 0.504 e. The minimum atomic E-state index is -0.172. The van der Waals surface area contributed by atoms with Gasteiger partial charge in [-0.1, -0.05) is 25.1 Å². The first-order valence-electron chi connectivity index (χ1n) is 8.11. The van der Waals surface area contributed by atoms with Gasteiger partial charge in [-0.25, -0.2) is 0 Å². The van der Waals surface area contributed by atoms with Gasteiger partial charge < -0.3 is 9.84 Å². The van der Waals surface area contributed by atoms with Gasteiger partial charge in [0.15, 0.2) is 11.5 Å². The summed E-state index contributed by atoms with van der Waals surface area (Å²) in [6.45, 7) is 3.90. The highest BCUT2D eigenvalue weighted by atomic mass is 16.5. The first-order valence-corrected chi connectivity index (χ1v) is 8.11. The number of nitrogens with zero attached hydrogens (tertiary/aromatic N) is 2. The number of benzene rings is 2. The molecule has 0 bridgehead atoms. The van der Waals surface area contributed by atoms with E-state index in [1.54, 1.807) is 24.3 Å². The molecule has 0 fully saturated rings. The van der Waals surface area contributed by atoms with Crippen molar-refractivity contribution in [3.8, 4) is 11.5 Å². The monoisotopic (exact) mass is 336 g/mol.